The van der Waals surface area contributed by atoms with Gasteiger partial charge in [-0.25, -0.2) is 4.98 Å². The minimum Gasteiger partial charge on any atom is -0.388 e. The standard InChI is InChI=1S/C20H23N3O2/c1-2-3-4-10-21-18-7-5-6-16(13-18)17-8-11-22-20(14-17)23-12-9-19(25)15-24/h4-12,14,24H,2-3,13,15H2,1H3,(H,22,23)/b10-4-,12-9-,21-18?. The number of hydrogen-bond donors (Lipinski definition) is 2. The number of anilines is 1. The molecule has 130 valence electrons. The number of aliphatic hydroxyl groups excluding tert-OH is 1. The lowest BCUT2D eigenvalue weighted by Crippen LogP contribution is -2.02. The molecular weight excluding hydrogens is 314 g/mol. The molecule has 5 heteroatoms. The molecule has 0 saturated heterocycles. The van der Waals surface area contributed by atoms with Crippen LogP contribution in [0.1, 0.15) is 31.7 Å². The molecule has 0 fully saturated rings. The zero-order valence-electron chi connectivity index (χ0n) is 14.4. The maximum Gasteiger partial charge on any atom is 0.182 e. The summed E-state index contributed by atoms with van der Waals surface area (Å²) in [6.45, 7) is 1.64. The second-order valence-corrected chi connectivity index (χ2v) is 5.55. The van der Waals surface area contributed by atoms with Gasteiger partial charge in [-0.3, -0.25) is 9.79 Å². The number of ketones is 1. The van der Waals surface area contributed by atoms with Crippen molar-refractivity contribution in [1.82, 2.24) is 4.98 Å². The summed E-state index contributed by atoms with van der Waals surface area (Å²) in [5.41, 5.74) is 3.23. The van der Waals surface area contributed by atoms with E-state index in [0.29, 0.717) is 5.82 Å². The van der Waals surface area contributed by atoms with Crippen LogP contribution in [0.25, 0.3) is 5.57 Å². The summed E-state index contributed by atoms with van der Waals surface area (Å²) in [6, 6.07) is 3.87. The SMILES string of the molecule is CCC/C=C\N=C1C=CC=C(c2ccnc(N/C=C\C(=O)CO)c2)C1. The van der Waals surface area contributed by atoms with E-state index in [9.17, 15) is 4.79 Å². The minimum atomic E-state index is -0.500. The van der Waals surface area contributed by atoms with Crippen molar-refractivity contribution in [2.24, 2.45) is 4.99 Å². The van der Waals surface area contributed by atoms with Crippen molar-refractivity contribution in [3.8, 4) is 0 Å². The third-order valence-corrected chi connectivity index (χ3v) is 3.55. The summed E-state index contributed by atoms with van der Waals surface area (Å²) < 4.78 is 0. The number of aromatic nitrogens is 1. The zero-order valence-corrected chi connectivity index (χ0v) is 14.4. The summed E-state index contributed by atoms with van der Waals surface area (Å²) in [7, 11) is 0. The molecule has 0 bridgehead atoms. The topological polar surface area (TPSA) is 74.6 Å². The molecule has 0 saturated carbocycles. The molecule has 0 atom stereocenters. The Hall–Kier alpha value is -2.79. The molecule has 5 nitrogen and oxygen atoms in total. The molecule has 0 spiro atoms. The number of carbonyl (C=O) groups excluding carboxylic acids is 1. The number of pyridine rings is 1. The van der Waals surface area contributed by atoms with Crippen LogP contribution in [-0.2, 0) is 4.79 Å². The molecule has 1 heterocycles. The number of nitrogens with one attached hydrogen (secondary N) is 1. The highest BCUT2D eigenvalue weighted by Crippen LogP contribution is 2.24. The summed E-state index contributed by atoms with van der Waals surface area (Å²) >= 11 is 0. The number of nitrogens with zero attached hydrogens (tertiary/aromatic N) is 2. The van der Waals surface area contributed by atoms with Crippen LogP contribution in [0.5, 0.6) is 0 Å². The van der Waals surface area contributed by atoms with Crippen molar-refractivity contribution in [2.75, 3.05) is 11.9 Å². The Morgan fingerprint density at radius 2 is 2.36 bits per heavy atom. The second kappa shape index (κ2) is 10.2. The van der Waals surface area contributed by atoms with E-state index < -0.39 is 6.61 Å². The maximum atomic E-state index is 11.0. The number of aliphatic hydroxyl groups is 1. The lowest BCUT2D eigenvalue weighted by atomic mass is 9.97. The molecule has 2 rings (SSSR count). The van der Waals surface area contributed by atoms with E-state index in [1.54, 1.807) is 6.20 Å². The van der Waals surface area contributed by atoms with Gasteiger partial charge in [-0.05, 0) is 41.8 Å². The lowest BCUT2D eigenvalue weighted by molar-refractivity contribution is -0.117. The normalized spacial score (nSPS) is 15.9. The van der Waals surface area contributed by atoms with Crippen molar-refractivity contribution < 1.29 is 9.90 Å². The van der Waals surface area contributed by atoms with Crippen LogP contribution in [-0.4, -0.2) is 28.2 Å². The van der Waals surface area contributed by atoms with Crippen molar-refractivity contribution >= 4 is 22.9 Å². The van der Waals surface area contributed by atoms with E-state index in [4.69, 9.17) is 5.11 Å². The second-order valence-electron chi connectivity index (χ2n) is 5.55. The van der Waals surface area contributed by atoms with Crippen LogP contribution < -0.4 is 5.32 Å². The number of unbranched alkanes of at least 4 members (excludes halogenated alkanes) is 1. The Balaban J connectivity index is 2.05. The fourth-order valence-corrected chi connectivity index (χ4v) is 2.25. The van der Waals surface area contributed by atoms with E-state index in [1.807, 2.05) is 30.5 Å². The van der Waals surface area contributed by atoms with Crippen molar-refractivity contribution in [2.45, 2.75) is 26.2 Å². The number of carbonyl (C=O) groups is 1. The summed E-state index contributed by atoms with van der Waals surface area (Å²) in [5.74, 6) is 0.275. The molecule has 0 amide bonds. The Morgan fingerprint density at radius 1 is 1.48 bits per heavy atom. The maximum absolute atomic E-state index is 11.0. The number of allylic oxidation sites excluding steroid dienone is 5. The first-order valence-corrected chi connectivity index (χ1v) is 8.35. The van der Waals surface area contributed by atoms with Crippen LogP contribution >= 0.6 is 0 Å². The third kappa shape index (κ3) is 6.31. The first-order chi connectivity index (χ1) is 12.2. The molecule has 1 aliphatic rings. The summed E-state index contributed by atoms with van der Waals surface area (Å²) in [4.78, 5) is 19.8. The summed E-state index contributed by atoms with van der Waals surface area (Å²) in [5, 5.41) is 11.6. The highest BCUT2D eigenvalue weighted by atomic mass is 16.3. The van der Waals surface area contributed by atoms with E-state index >= 15 is 0 Å². The molecule has 25 heavy (non-hydrogen) atoms. The highest BCUT2D eigenvalue weighted by Gasteiger charge is 2.08. The van der Waals surface area contributed by atoms with E-state index in [-0.39, 0.29) is 5.78 Å². The van der Waals surface area contributed by atoms with E-state index in [2.05, 4.69) is 34.4 Å². The Morgan fingerprint density at radius 3 is 3.16 bits per heavy atom. The fraction of sp³-hybridized carbons (Fsp3) is 0.250. The van der Waals surface area contributed by atoms with Crippen LogP contribution in [0.15, 0.2) is 66.1 Å². The van der Waals surface area contributed by atoms with Gasteiger partial charge in [0.15, 0.2) is 5.78 Å². The quantitative estimate of drug-likeness (QED) is 0.710. The van der Waals surface area contributed by atoms with Gasteiger partial charge < -0.3 is 10.4 Å². The van der Waals surface area contributed by atoms with Gasteiger partial charge in [0.25, 0.3) is 0 Å². The van der Waals surface area contributed by atoms with Gasteiger partial charge in [0, 0.05) is 30.7 Å². The first kappa shape index (κ1) is 18.5. The lowest BCUT2D eigenvalue weighted by Gasteiger charge is -2.12. The predicted octanol–water partition coefficient (Wildman–Crippen LogP) is 3.67. The molecule has 0 aromatic carbocycles. The van der Waals surface area contributed by atoms with E-state index in [1.165, 1.54) is 12.3 Å². The molecule has 0 aliphatic heterocycles. The molecule has 2 N–H and O–H groups in total. The van der Waals surface area contributed by atoms with Crippen LogP contribution in [0, 0.1) is 0 Å². The largest absolute Gasteiger partial charge is 0.388 e. The zero-order chi connectivity index (χ0) is 17.9. The highest BCUT2D eigenvalue weighted by molar-refractivity contribution is 6.04. The van der Waals surface area contributed by atoms with Crippen LogP contribution in [0.2, 0.25) is 0 Å². The van der Waals surface area contributed by atoms with Crippen LogP contribution in [0.3, 0.4) is 0 Å². The van der Waals surface area contributed by atoms with Crippen molar-refractivity contribution in [3.63, 3.8) is 0 Å². The van der Waals surface area contributed by atoms with Gasteiger partial charge >= 0.3 is 0 Å². The molecule has 0 radical (unpaired) electrons. The van der Waals surface area contributed by atoms with E-state index in [0.717, 1.165) is 36.1 Å². The average Bonchev–Trinajstić information content (AvgIpc) is 2.65. The number of aliphatic imine (C=N–C) groups is 1. The number of rotatable bonds is 8. The van der Waals surface area contributed by atoms with Gasteiger partial charge in [0.2, 0.25) is 0 Å². The Bertz CT molecular complexity index is 743. The molecule has 0 unspecified atom stereocenters. The van der Waals surface area contributed by atoms with Gasteiger partial charge in [0.05, 0.1) is 0 Å². The Kier molecular flexibility index (Phi) is 7.53. The van der Waals surface area contributed by atoms with Gasteiger partial charge in [-0.15, -0.1) is 0 Å². The predicted molar refractivity (Wildman–Crippen MR) is 102 cm³/mol. The van der Waals surface area contributed by atoms with Crippen molar-refractivity contribution in [1.29, 1.82) is 0 Å². The van der Waals surface area contributed by atoms with Crippen molar-refractivity contribution in [3.05, 3.63) is 66.7 Å². The third-order valence-electron chi connectivity index (χ3n) is 3.55. The van der Waals surface area contributed by atoms with Gasteiger partial charge in [-0.1, -0.05) is 31.6 Å². The van der Waals surface area contributed by atoms with Gasteiger partial charge in [0.1, 0.15) is 12.4 Å². The van der Waals surface area contributed by atoms with Crippen LogP contribution in [0.4, 0.5) is 5.82 Å². The Labute approximate surface area is 148 Å². The molecule has 1 aromatic heterocycles. The number of hydrogen-bond acceptors (Lipinski definition) is 5. The minimum absolute atomic E-state index is 0.360. The smallest absolute Gasteiger partial charge is 0.182 e. The average molecular weight is 337 g/mol. The molecule has 1 aliphatic carbocycles. The summed E-state index contributed by atoms with van der Waals surface area (Å²) in [6.07, 6.45) is 17.4. The first-order valence-electron chi connectivity index (χ1n) is 8.35. The monoisotopic (exact) mass is 337 g/mol. The van der Waals surface area contributed by atoms with Gasteiger partial charge in [-0.2, -0.15) is 0 Å². The molecule has 1 aromatic rings. The molecular formula is C20H23N3O2. The fourth-order valence-electron chi connectivity index (χ4n) is 2.25.